The summed E-state index contributed by atoms with van der Waals surface area (Å²) in [5.41, 5.74) is 2.52. The minimum absolute atomic E-state index is 0.0581. The van der Waals surface area contributed by atoms with Gasteiger partial charge >= 0.3 is 5.97 Å². The molecular formula is C32H37F2NO5. The van der Waals surface area contributed by atoms with Crippen LogP contribution in [0.2, 0.25) is 0 Å². The summed E-state index contributed by atoms with van der Waals surface area (Å²) in [5, 5.41) is 9.39. The Bertz CT molecular complexity index is 1350. The second-order valence-corrected chi connectivity index (χ2v) is 11.5. The summed E-state index contributed by atoms with van der Waals surface area (Å²) in [6, 6.07) is 11.9. The zero-order valence-corrected chi connectivity index (χ0v) is 23.7. The first-order valence-electron chi connectivity index (χ1n) is 13.5. The van der Waals surface area contributed by atoms with E-state index in [0.717, 1.165) is 30.2 Å². The predicted molar refractivity (Wildman–Crippen MR) is 148 cm³/mol. The summed E-state index contributed by atoms with van der Waals surface area (Å²) in [7, 11) is 3.09. The third kappa shape index (κ3) is 6.97. The minimum atomic E-state index is -0.946. The van der Waals surface area contributed by atoms with Gasteiger partial charge in [0.05, 0.1) is 25.8 Å². The molecule has 214 valence electrons. The molecule has 0 saturated heterocycles. The predicted octanol–water partition coefficient (Wildman–Crippen LogP) is 7.71. The van der Waals surface area contributed by atoms with Crippen molar-refractivity contribution in [2.24, 2.45) is 11.3 Å². The van der Waals surface area contributed by atoms with Crippen LogP contribution >= 0.6 is 0 Å². The normalized spacial score (nSPS) is 15.0. The Labute approximate surface area is 234 Å². The van der Waals surface area contributed by atoms with Crippen molar-refractivity contribution in [2.75, 3.05) is 14.2 Å². The van der Waals surface area contributed by atoms with Gasteiger partial charge in [-0.05, 0) is 58.1 Å². The largest absolute Gasteiger partial charge is 0.486 e. The summed E-state index contributed by atoms with van der Waals surface area (Å²) in [5.74, 6) is -1.56. The Morgan fingerprint density at radius 3 is 2.45 bits per heavy atom. The summed E-state index contributed by atoms with van der Waals surface area (Å²) >= 11 is 0. The molecule has 0 amide bonds. The smallest absolute Gasteiger partial charge is 0.303 e. The van der Waals surface area contributed by atoms with Crippen LogP contribution in [0.25, 0.3) is 11.1 Å². The third-order valence-corrected chi connectivity index (χ3v) is 7.31. The van der Waals surface area contributed by atoms with Crippen molar-refractivity contribution < 1.29 is 32.9 Å². The molecule has 1 aliphatic rings. The van der Waals surface area contributed by atoms with E-state index in [1.807, 2.05) is 32.9 Å². The van der Waals surface area contributed by atoms with Gasteiger partial charge in [0.25, 0.3) is 0 Å². The monoisotopic (exact) mass is 553 g/mol. The van der Waals surface area contributed by atoms with Crippen molar-refractivity contribution >= 4 is 5.97 Å². The van der Waals surface area contributed by atoms with E-state index in [1.54, 1.807) is 37.4 Å². The highest BCUT2D eigenvalue weighted by atomic mass is 19.1. The number of aliphatic carboxylic acids is 1. The van der Waals surface area contributed by atoms with Gasteiger partial charge in [-0.3, -0.25) is 4.79 Å². The van der Waals surface area contributed by atoms with Gasteiger partial charge in [-0.1, -0.05) is 57.9 Å². The van der Waals surface area contributed by atoms with Gasteiger partial charge in [0, 0.05) is 18.7 Å². The quantitative estimate of drug-likeness (QED) is 0.248. The number of methoxy groups -OCH3 is 2. The molecule has 1 fully saturated rings. The molecule has 0 unspecified atom stereocenters. The number of ether oxygens (including phenoxy) is 3. The van der Waals surface area contributed by atoms with E-state index < -0.39 is 23.5 Å². The fourth-order valence-electron chi connectivity index (χ4n) is 5.25. The molecule has 0 aliphatic heterocycles. The highest BCUT2D eigenvalue weighted by Crippen LogP contribution is 2.43. The number of rotatable bonds is 12. The summed E-state index contributed by atoms with van der Waals surface area (Å²) < 4.78 is 47.6. The van der Waals surface area contributed by atoms with Gasteiger partial charge in [-0.25, -0.2) is 13.8 Å². The standard InChI is InChI=1S/C32H37F2NO5/c1-32(2,3)31(39-5)25-14-20(11-12-23(25)24-16-28(38-4)35-17-26(24)33)18-40-27-8-6-7-22(30(27)34)21(15-29(36)37)13-19-9-10-19/h6-8,11-12,14,16-17,19,21,31H,9-10,13,15,18H2,1-5H3,(H,36,37)/t21-,31+/m0/s1. The van der Waals surface area contributed by atoms with Crippen LogP contribution in [0.5, 0.6) is 11.6 Å². The number of halogens is 2. The molecule has 2 atom stereocenters. The molecule has 6 nitrogen and oxygen atoms in total. The van der Waals surface area contributed by atoms with Crippen LogP contribution in [-0.2, 0) is 16.1 Å². The van der Waals surface area contributed by atoms with Gasteiger partial charge in [0.2, 0.25) is 5.88 Å². The van der Waals surface area contributed by atoms with Gasteiger partial charge in [-0.2, -0.15) is 0 Å². The minimum Gasteiger partial charge on any atom is -0.486 e. The number of pyridine rings is 1. The summed E-state index contributed by atoms with van der Waals surface area (Å²) in [6.07, 6.45) is 3.38. The van der Waals surface area contributed by atoms with Crippen molar-refractivity contribution in [3.63, 3.8) is 0 Å². The molecule has 4 rings (SSSR count). The lowest BCUT2D eigenvalue weighted by Gasteiger charge is -2.32. The molecule has 1 heterocycles. The van der Waals surface area contributed by atoms with Crippen molar-refractivity contribution in [1.82, 2.24) is 4.98 Å². The molecule has 0 radical (unpaired) electrons. The average Bonchev–Trinajstić information content (AvgIpc) is 3.72. The maximum absolute atomic E-state index is 15.6. The molecule has 1 saturated carbocycles. The Balaban J connectivity index is 1.66. The second-order valence-electron chi connectivity index (χ2n) is 11.5. The zero-order valence-electron chi connectivity index (χ0n) is 23.7. The van der Waals surface area contributed by atoms with E-state index >= 15 is 4.39 Å². The summed E-state index contributed by atoms with van der Waals surface area (Å²) in [4.78, 5) is 15.4. The fourth-order valence-corrected chi connectivity index (χ4v) is 5.25. The van der Waals surface area contributed by atoms with Crippen LogP contribution in [0, 0.1) is 23.0 Å². The number of benzene rings is 2. The maximum Gasteiger partial charge on any atom is 0.303 e. The van der Waals surface area contributed by atoms with Crippen molar-refractivity contribution in [1.29, 1.82) is 0 Å². The van der Waals surface area contributed by atoms with Crippen LogP contribution in [0.4, 0.5) is 8.78 Å². The number of carboxylic acid groups (broad SMARTS) is 1. The average molecular weight is 554 g/mol. The van der Waals surface area contributed by atoms with Gasteiger partial charge < -0.3 is 19.3 Å². The molecular weight excluding hydrogens is 516 g/mol. The van der Waals surface area contributed by atoms with E-state index in [9.17, 15) is 14.3 Å². The van der Waals surface area contributed by atoms with Crippen LogP contribution in [0.1, 0.15) is 75.2 Å². The van der Waals surface area contributed by atoms with Crippen molar-refractivity contribution in [3.05, 3.63) is 77.0 Å². The molecule has 40 heavy (non-hydrogen) atoms. The first-order chi connectivity index (χ1) is 19.0. The number of hydrogen-bond donors (Lipinski definition) is 1. The zero-order chi connectivity index (χ0) is 29.0. The summed E-state index contributed by atoms with van der Waals surface area (Å²) in [6.45, 7) is 6.16. The molecule has 1 aliphatic carbocycles. The highest BCUT2D eigenvalue weighted by Gasteiger charge is 2.31. The number of carbonyl (C=O) groups is 1. The molecule has 2 aromatic carbocycles. The second kappa shape index (κ2) is 12.3. The van der Waals surface area contributed by atoms with Crippen molar-refractivity contribution in [2.45, 2.75) is 65.1 Å². The Morgan fingerprint density at radius 1 is 1.07 bits per heavy atom. The maximum atomic E-state index is 15.6. The molecule has 1 aromatic heterocycles. The molecule has 8 heteroatoms. The Hall–Kier alpha value is -3.52. The van der Waals surface area contributed by atoms with Crippen LogP contribution < -0.4 is 9.47 Å². The SMILES string of the molecule is COc1cc(-c2ccc(COc3cccc([C@H](CC(=O)O)CC4CC4)c3F)cc2[C@@H](OC)C(C)(C)C)c(F)cn1. The molecule has 3 aromatic rings. The van der Waals surface area contributed by atoms with Crippen LogP contribution in [0.15, 0.2) is 48.7 Å². The lowest BCUT2D eigenvalue weighted by molar-refractivity contribution is -0.137. The van der Waals surface area contributed by atoms with E-state index in [4.69, 9.17) is 14.2 Å². The fraction of sp³-hybridized carbons (Fsp3) is 0.438. The lowest BCUT2D eigenvalue weighted by Crippen LogP contribution is -2.21. The Kier molecular flexibility index (Phi) is 9.08. The van der Waals surface area contributed by atoms with Gasteiger partial charge in [0.1, 0.15) is 12.4 Å². The number of nitrogens with zero attached hydrogens (tertiary/aromatic N) is 1. The Morgan fingerprint density at radius 2 is 1.82 bits per heavy atom. The highest BCUT2D eigenvalue weighted by molar-refractivity contribution is 5.70. The van der Waals surface area contributed by atoms with E-state index in [1.165, 1.54) is 7.11 Å². The van der Waals surface area contributed by atoms with E-state index in [0.29, 0.717) is 29.0 Å². The number of carboxylic acids is 1. The number of aromatic nitrogens is 1. The van der Waals surface area contributed by atoms with Gasteiger partial charge in [-0.15, -0.1) is 0 Å². The molecule has 1 N–H and O–H groups in total. The topological polar surface area (TPSA) is 77.9 Å². The first kappa shape index (κ1) is 29.5. The van der Waals surface area contributed by atoms with Gasteiger partial charge in [0.15, 0.2) is 11.6 Å². The van der Waals surface area contributed by atoms with Crippen LogP contribution in [0.3, 0.4) is 0 Å². The van der Waals surface area contributed by atoms with Crippen molar-refractivity contribution in [3.8, 4) is 22.8 Å². The van der Waals surface area contributed by atoms with Crippen LogP contribution in [-0.4, -0.2) is 30.3 Å². The molecule has 0 bridgehead atoms. The van der Waals surface area contributed by atoms with E-state index in [-0.39, 0.29) is 36.2 Å². The first-order valence-corrected chi connectivity index (χ1v) is 13.5. The lowest BCUT2D eigenvalue weighted by atomic mass is 9.81. The van der Waals surface area contributed by atoms with E-state index in [2.05, 4.69) is 4.98 Å². The molecule has 0 spiro atoms. The third-order valence-electron chi connectivity index (χ3n) is 7.31. The number of hydrogen-bond acceptors (Lipinski definition) is 5.